The molecule has 2 nitrogen and oxygen atoms in total. The zero-order valence-corrected chi connectivity index (χ0v) is 5.68. The molecular formula is C7H11NO. The molecule has 1 aliphatic rings. The Kier molecular flexibility index (Phi) is 1.73. The molecule has 1 aliphatic carbocycles. The molecule has 0 aromatic rings. The van der Waals surface area contributed by atoms with E-state index in [-0.39, 0.29) is 5.41 Å². The highest BCUT2D eigenvalue weighted by atomic mass is 16.5. The van der Waals surface area contributed by atoms with Gasteiger partial charge in [-0.15, -0.1) is 0 Å². The minimum Gasteiger partial charge on any atom is -0.384 e. The third-order valence-electron chi connectivity index (χ3n) is 1.86. The molecule has 0 bridgehead atoms. The molecule has 0 radical (unpaired) electrons. The maximum atomic E-state index is 8.36. The Hall–Kier alpha value is -0.550. The van der Waals surface area contributed by atoms with Crippen LogP contribution in [0, 0.1) is 16.7 Å². The maximum absolute atomic E-state index is 8.36. The molecule has 50 valence electrons. The van der Waals surface area contributed by atoms with Crippen molar-refractivity contribution >= 4 is 0 Å². The van der Waals surface area contributed by atoms with Gasteiger partial charge in [0.05, 0.1) is 12.7 Å². The van der Waals surface area contributed by atoms with E-state index in [1.807, 2.05) is 0 Å². The van der Waals surface area contributed by atoms with Gasteiger partial charge in [0.25, 0.3) is 0 Å². The SMILES string of the molecule is COCC1(CC#N)CC1. The molecule has 0 saturated heterocycles. The van der Waals surface area contributed by atoms with E-state index in [1.165, 1.54) is 12.8 Å². The van der Waals surface area contributed by atoms with E-state index in [0.717, 1.165) is 6.61 Å². The van der Waals surface area contributed by atoms with Crippen LogP contribution in [0.15, 0.2) is 0 Å². The lowest BCUT2D eigenvalue weighted by Gasteiger charge is -2.06. The summed E-state index contributed by atoms with van der Waals surface area (Å²) in [5.74, 6) is 0. The molecule has 0 atom stereocenters. The van der Waals surface area contributed by atoms with Crippen LogP contribution in [0.1, 0.15) is 19.3 Å². The zero-order chi connectivity index (χ0) is 6.74. The fourth-order valence-electron chi connectivity index (χ4n) is 1.02. The quantitative estimate of drug-likeness (QED) is 0.570. The van der Waals surface area contributed by atoms with Gasteiger partial charge in [-0.3, -0.25) is 0 Å². The van der Waals surface area contributed by atoms with Crippen LogP contribution in [-0.2, 0) is 4.74 Å². The van der Waals surface area contributed by atoms with Crippen molar-refractivity contribution in [3.05, 3.63) is 0 Å². The molecule has 1 saturated carbocycles. The van der Waals surface area contributed by atoms with Gasteiger partial charge in [0.15, 0.2) is 0 Å². The Balaban J connectivity index is 2.27. The Bertz CT molecular complexity index is 132. The zero-order valence-electron chi connectivity index (χ0n) is 5.68. The predicted octanol–water partition coefficient (Wildman–Crippen LogP) is 1.33. The highest BCUT2D eigenvalue weighted by Crippen LogP contribution is 2.48. The van der Waals surface area contributed by atoms with Gasteiger partial charge >= 0.3 is 0 Å². The van der Waals surface area contributed by atoms with Crippen molar-refractivity contribution in [3.63, 3.8) is 0 Å². The molecule has 0 unspecified atom stereocenters. The molecule has 0 aromatic heterocycles. The first-order valence-corrected chi connectivity index (χ1v) is 3.19. The molecule has 9 heavy (non-hydrogen) atoms. The Morgan fingerprint density at radius 2 is 2.33 bits per heavy atom. The predicted molar refractivity (Wildman–Crippen MR) is 33.8 cm³/mol. The summed E-state index contributed by atoms with van der Waals surface area (Å²) in [6.45, 7) is 0.764. The number of rotatable bonds is 3. The fraction of sp³-hybridized carbons (Fsp3) is 0.857. The van der Waals surface area contributed by atoms with Gasteiger partial charge in [0.2, 0.25) is 0 Å². The number of hydrogen-bond donors (Lipinski definition) is 0. The van der Waals surface area contributed by atoms with E-state index in [4.69, 9.17) is 10.00 Å². The van der Waals surface area contributed by atoms with Crippen molar-refractivity contribution in [2.75, 3.05) is 13.7 Å². The van der Waals surface area contributed by atoms with Crippen LogP contribution in [0.2, 0.25) is 0 Å². The molecule has 0 aliphatic heterocycles. The second-order valence-corrected chi connectivity index (χ2v) is 2.77. The largest absolute Gasteiger partial charge is 0.384 e. The topological polar surface area (TPSA) is 33.0 Å². The van der Waals surface area contributed by atoms with Crippen LogP contribution in [0.5, 0.6) is 0 Å². The van der Waals surface area contributed by atoms with E-state index in [2.05, 4.69) is 6.07 Å². The highest BCUT2D eigenvalue weighted by molar-refractivity contribution is 4.99. The van der Waals surface area contributed by atoms with Crippen molar-refractivity contribution in [1.29, 1.82) is 5.26 Å². The summed E-state index contributed by atoms with van der Waals surface area (Å²) in [6.07, 6.45) is 3.02. The summed E-state index contributed by atoms with van der Waals surface area (Å²) in [4.78, 5) is 0. The van der Waals surface area contributed by atoms with Crippen molar-refractivity contribution < 1.29 is 4.74 Å². The summed E-state index contributed by atoms with van der Waals surface area (Å²) >= 11 is 0. The normalized spacial score (nSPS) is 20.9. The Morgan fingerprint density at radius 1 is 1.67 bits per heavy atom. The summed E-state index contributed by atoms with van der Waals surface area (Å²) < 4.78 is 4.97. The average Bonchev–Trinajstić information content (AvgIpc) is 2.51. The molecule has 0 spiro atoms. The van der Waals surface area contributed by atoms with E-state index in [1.54, 1.807) is 7.11 Å². The monoisotopic (exact) mass is 125 g/mol. The van der Waals surface area contributed by atoms with Gasteiger partial charge in [0.1, 0.15) is 0 Å². The molecule has 0 amide bonds. The first-order chi connectivity index (χ1) is 4.33. The van der Waals surface area contributed by atoms with Crippen molar-refractivity contribution in [3.8, 4) is 6.07 Å². The first kappa shape index (κ1) is 6.57. The van der Waals surface area contributed by atoms with Crippen LogP contribution in [0.3, 0.4) is 0 Å². The lowest BCUT2D eigenvalue weighted by atomic mass is 10.1. The molecule has 0 heterocycles. The van der Waals surface area contributed by atoms with Gasteiger partial charge in [-0.2, -0.15) is 5.26 Å². The smallest absolute Gasteiger partial charge is 0.0628 e. The van der Waals surface area contributed by atoms with Gasteiger partial charge in [0, 0.05) is 18.9 Å². The number of methoxy groups -OCH3 is 1. The summed E-state index contributed by atoms with van der Waals surface area (Å²) in [5, 5.41) is 8.36. The van der Waals surface area contributed by atoms with Crippen LogP contribution in [0.25, 0.3) is 0 Å². The van der Waals surface area contributed by atoms with Crippen LogP contribution in [-0.4, -0.2) is 13.7 Å². The van der Waals surface area contributed by atoms with Crippen LogP contribution in [0.4, 0.5) is 0 Å². The number of ether oxygens (including phenoxy) is 1. The lowest BCUT2D eigenvalue weighted by molar-refractivity contribution is 0.143. The Labute approximate surface area is 55.4 Å². The average molecular weight is 125 g/mol. The second-order valence-electron chi connectivity index (χ2n) is 2.77. The highest BCUT2D eigenvalue weighted by Gasteiger charge is 2.42. The molecular weight excluding hydrogens is 114 g/mol. The van der Waals surface area contributed by atoms with E-state index in [0.29, 0.717) is 6.42 Å². The summed E-state index contributed by atoms with van der Waals surface area (Å²) in [5.41, 5.74) is 0.267. The van der Waals surface area contributed by atoms with Crippen molar-refractivity contribution in [2.24, 2.45) is 5.41 Å². The molecule has 1 rings (SSSR count). The van der Waals surface area contributed by atoms with Crippen molar-refractivity contribution in [1.82, 2.24) is 0 Å². The van der Waals surface area contributed by atoms with Crippen molar-refractivity contribution in [2.45, 2.75) is 19.3 Å². The standard InChI is InChI=1S/C7H11NO/c1-9-6-7(2-3-7)4-5-8/h2-4,6H2,1H3. The minimum absolute atomic E-state index is 0.267. The molecule has 0 N–H and O–H groups in total. The number of nitrogens with zero attached hydrogens (tertiary/aromatic N) is 1. The molecule has 2 heteroatoms. The van der Waals surface area contributed by atoms with E-state index < -0.39 is 0 Å². The van der Waals surface area contributed by atoms with Gasteiger partial charge in [-0.05, 0) is 12.8 Å². The van der Waals surface area contributed by atoms with Crippen LogP contribution >= 0.6 is 0 Å². The first-order valence-electron chi connectivity index (χ1n) is 3.19. The Morgan fingerprint density at radius 3 is 2.67 bits per heavy atom. The maximum Gasteiger partial charge on any atom is 0.0628 e. The summed E-state index contributed by atoms with van der Waals surface area (Å²) in [6, 6.07) is 2.18. The van der Waals surface area contributed by atoms with Gasteiger partial charge in [-0.1, -0.05) is 0 Å². The van der Waals surface area contributed by atoms with Gasteiger partial charge < -0.3 is 4.74 Å². The second kappa shape index (κ2) is 2.36. The molecule has 1 fully saturated rings. The number of nitriles is 1. The minimum atomic E-state index is 0.267. The van der Waals surface area contributed by atoms with Crippen LogP contribution < -0.4 is 0 Å². The lowest BCUT2D eigenvalue weighted by Crippen LogP contribution is -2.06. The molecule has 0 aromatic carbocycles. The number of hydrogen-bond acceptors (Lipinski definition) is 2. The van der Waals surface area contributed by atoms with Gasteiger partial charge in [-0.25, -0.2) is 0 Å². The van der Waals surface area contributed by atoms with E-state index in [9.17, 15) is 0 Å². The third kappa shape index (κ3) is 1.43. The fourth-order valence-corrected chi connectivity index (χ4v) is 1.02. The summed E-state index contributed by atoms with van der Waals surface area (Å²) in [7, 11) is 1.69. The third-order valence-corrected chi connectivity index (χ3v) is 1.86. The van der Waals surface area contributed by atoms with E-state index >= 15 is 0 Å².